The van der Waals surface area contributed by atoms with Crippen LogP contribution in [0.3, 0.4) is 0 Å². The van der Waals surface area contributed by atoms with Crippen molar-refractivity contribution in [2.45, 2.75) is 25.4 Å². The first-order valence-corrected chi connectivity index (χ1v) is 6.07. The molecule has 0 heterocycles. The molecule has 2 unspecified atom stereocenters. The Balaban J connectivity index is 2.30. The van der Waals surface area contributed by atoms with E-state index >= 15 is 0 Å². The first-order chi connectivity index (χ1) is 7.10. The summed E-state index contributed by atoms with van der Waals surface area (Å²) in [6.45, 7) is 2.18. The van der Waals surface area contributed by atoms with Gasteiger partial charge in [0.15, 0.2) is 0 Å². The van der Waals surface area contributed by atoms with Crippen molar-refractivity contribution in [3.05, 3.63) is 46.5 Å². The predicted octanol–water partition coefficient (Wildman–Crippen LogP) is 3.62. The second-order valence-electron chi connectivity index (χ2n) is 4.31. The molecule has 0 fully saturated rings. The molecule has 0 aliphatic heterocycles. The Kier molecular flexibility index (Phi) is 2.98. The van der Waals surface area contributed by atoms with Crippen molar-refractivity contribution >= 4 is 15.9 Å². The third-order valence-electron chi connectivity index (χ3n) is 3.03. The molecule has 1 aromatic rings. The predicted molar refractivity (Wildman–Crippen MR) is 65.6 cm³/mol. The minimum atomic E-state index is -0.757. The van der Waals surface area contributed by atoms with Crippen molar-refractivity contribution in [3.8, 4) is 0 Å². The fourth-order valence-corrected chi connectivity index (χ4v) is 2.19. The molecule has 1 aliphatic carbocycles. The first kappa shape index (κ1) is 10.9. The van der Waals surface area contributed by atoms with Crippen molar-refractivity contribution in [1.82, 2.24) is 0 Å². The Morgan fingerprint density at radius 2 is 2.00 bits per heavy atom. The van der Waals surface area contributed by atoms with Crippen molar-refractivity contribution in [3.63, 3.8) is 0 Å². The molecule has 80 valence electrons. The van der Waals surface area contributed by atoms with Crippen molar-refractivity contribution in [2.75, 3.05) is 0 Å². The van der Waals surface area contributed by atoms with Gasteiger partial charge in [0.1, 0.15) is 5.60 Å². The van der Waals surface area contributed by atoms with E-state index in [1.165, 1.54) is 0 Å². The molecule has 0 radical (unpaired) electrons. The van der Waals surface area contributed by atoms with Gasteiger partial charge < -0.3 is 5.11 Å². The van der Waals surface area contributed by atoms with E-state index in [4.69, 9.17) is 0 Å². The van der Waals surface area contributed by atoms with E-state index in [0.717, 1.165) is 22.9 Å². The molecular weight excluding hydrogens is 252 g/mol. The van der Waals surface area contributed by atoms with Crippen LogP contribution in [0.15, 0.2) is 40.9 Å². The molecule has 1 nitrogen and oxygen atoms in total. The summed E-state index contributed by atoms with van der Waals surface area (Å²) < 4.78 is 1.04. The lowest BCUT2D eigenvalue weighted by Crippen LogP contribution is -2.26. The van der Waals surface area contributed by atoms with Gasteiger partial charge >= 0.3 is 0 Å². The summed E-state index contributed by atoms with van der Waals surface area (Å²) in [5.41, 5.74) is 0.224. The second kappa shape index (κ2) is 4.11. The first-order valence-electron chi connectivity index (χ1n) is 5.28. The van der Waals surface area contributed by atoms with Gasteiger partial charge in [0.2, 0.25) is 0 Å². The van der Waals surface area contributed by atoms with E-state index in [2.05, 4.69) is 28.9 Å². The van der Waals surface area contributed by atoms with Crippen molar-refractivity contribution in [2.24, 2.45) is 5.92 Å². The molecule has 2 atom stereocenters. The van der Waals surface area contributed by atoms with Crippen LogP contribution in [-0.2, 0) is 5.60 Å². The molecule has 2 heteroatoms. The van der Waals surface area contributed by atoms with E-state index in [0.29, 0.717) is 5.92 Å². The number of rotatable bonds is 1. The smallest absolute Gasteiger partial charge is 0.108 e. The molecule has 0 saturated carbocycles. The maximum absolute atomic E-state index is 10.4. The van der Waals surface area contributed by atoms with Gasteiger partial charge in [-0.15, -0.1) is 0 Å². The van der Waals surface area contributed by atoms with Gasteiger partial charge in [-0.1, -0.05) is 47.1 Å². The number of hydrogen-bond acceptors (Lipinski definition) is 1. The van der Waals surface area contributed by atoms with Gasteiger partial charge in [-0.25, -0.2) is 0 Å². The standard InChI is InChI=1S/C13H15BrO/c1-10-6-8-13(15,9-7-10)11-2-4-12(14)5-3-11/h2-6,8,10,15H,7,9H2,1H3. The molecule has 0 amide bonds. The van der Waals surface area contributed by atoms with Crippen LogP contribution in [0, 0.1) is 5.92 Å². The van der Waals surface area contributed by atoms with E-state index in [-0.39, 0.29) is 0 Å². The summed E-state index contributed by atoms with van der Waals surface area (Å²) in [6.07, 6.45) is 5.89. The number of allylic oxidation sites excluding steroid dienone is 1. The van der Waals surface area contributed by atoms with Gasteiger partial charge in [0, 0.05) is 4.47 Å². The van der Waals surface area contributed by atoms with Gasteiger partial charge in [0.05, 0.1) is 0 Å². The van der Waals surface area contributed by atoms with Crippen LogP contribution in [0.25, 0.3) is 0 Å². The third-order valence-corrected chi connectivity index (χ3v) is 3.55. The van der Waals surface area contributed by atoms with Crippen LogP contribution in [-0.4, -0.2) is 5.11 Å². The average Bonchev–Trinajstić information content (AvgIpc) is 2.24. The summed E-state index contributed by atoms with van der Waals surface area (Å²) >= 11 is 3.40. The van der Waals surface area contributed by atoms with Crippen LogP contribution < -0.4 is 0 Å². The highest BCUT2D eigenvalue weighted by molar-refractivity contribution is 9.10. The Morgan fingerprint density at radius 1 is 1.33 bits per heavy atom. The summed E-state index contributed by atoms with van der Waals surface area (Å²) in [6, 6.07) is 7.90. The third kappa shape index (κ3) is 2.32. The quantitative estimate of drug-likeness (QED) is 0.770. The number of halogens is 1. The number of benzene rings is 1. The topological polar surface area (TPSA) is 20.2 Å². The fraction of sp³-hybridized carbons (Fsp3) is 0.385. The lowest BCUT2D eigenvalue weighted by Gasteiger charge is -2.30. The summed E-state index contributed by atoms with van der Waals surface area (Å²) in [5.74, 6) is 0.584. The molecule has 0 bridgehead atoms. The van der Waals surface area contributed by atoms with Crippen molar-refractivity contribution in [1.29, 1.82) is 0 Å². The molecule has 1 aromatic carbocycles. The molecule has 1 N–H and O–H groups in total. The Hall–Kier alpha value is -0.600. The summed E-state index contributed by atoms with van der Waals surface area (Å²) in [7, 11) is 0. The second-order valence-corrected chi connectivity index (χ2v) is 5.22. The van der Waals surface area contributed by atoms with Crippen molar-refractivity contribution < 1.29 is 5.11 Å². The monoisotopic (exact) mass is 266 g/mol. The maximum atomic E-state index is 10.4. The van der Waals surface area contributed by atoms with E-state index < -0.39 is 5.60 Å². The van der Waals surface area contributed by atoms with Crippen LogP contribution >= 0.6 is 15.9 Å². The van der Waals surface area contributed by atoms with Gasteiger partial charge in [-0.3, -0.25) is 0 Å². The Bertz CT molecular complexity index is 369. The molecule has 0 saturated heterocycles. The summed E-state index contributed by atoms with van der Waals surface area (Å²) in [4.78, 5) is 0. The normalized spacial score (nSPS) is 30.5. The lowest BCUT2D eigenvalue weighted by atomic mass is 9.81. The maximum Gasteiger partial charge on any atom is 0.108 e. The zero-order valence-electron chi connectivity index (χ0n) is 8.78. The van der Waals surface area contributed by atoms with Crippen LogP contribution in [0.5, 0.6) is 0 Å². The highest BCUT2D eigenvalue weighted by atomic mass is 79.9. The molecular formula is C13H15BrO. The van der Waals surface area contributed by atoms with E-state index in [9.17, 15) is 5.11 Å². The lowest BCUT2D eigenvalue weighted by molar-refractivity contribution is 0.0673. The zero-order chi connectivity index (χ0) is 10.9. The Labute approximate surface area is 99.0 Å². The molecule has 2 rings (SSSR count). The minimum Gasteiger partial charge on any atom is -0.381 e. The van der Waals surface area contributed by atoms with Gasteiger partial charge in [-0.05, 0) is 36.5 Å². The average molecular weight is 267 g/mol. The number of aliphatic hydroxyl groups is 1. The van der Waals surface area contributed by atoms with Crippen LogP contribution in [0.4, 0.5) is 0 Å². The molecule has 0 spiro atoms. The summed E-state index contributed by atoms with van der Waals surface area (Å²) in [5, 5.41) is 10.4. The van der Waals surface area contributed by atoms with E-state index in [1.807, 2.05) is 30.3 Å². The van der Waals surface area contributed by atoms with E-state index in [1.54, 1.807) is 0 Å². The SMILES string of the molecule is CC1C=CC(O)(c2ccc(Br)cc2)CC1. The number of hydrogen-bond donors (Lipinski definition) is 1. The minimum absolute atomic E-state index is 0.584. The van der Waals surface area contributed by atoms with Gasteiger partial charge in [0.25, 0.3) is 0 Å². The molecule has 15 heavy (non-hydrogen) atoms. The highest BCUT2D eigenvalue weighted by Gasteiger charge is 2.28. The van der Waals surface area contributed by atoms with Gasteiger partial charge in [-0.2, -0.15) is 0 Å². The zero-order valence-corrected chi connectivity index (χ0v) is 10.4. The Morgan fingerprint density at radius 3 is 2.53 bits per heavy atom. The largest absolute Gasteiger partial charge is 0.381 e. The van der Waals surface area contributed by atoms with Crippen LogP contribution in [0.2, 0.25) is 0 Å². The molecule has 1 aliphatic rings. The van der Waals surface area contributed by atoms with Crippen LogP contribution in [0.1, 0.15) is 25.3 Å². The fourth-order valence-electron chi connectivity index (χ4n) is 1.93. The molecule has 0 aromatic heterocycles. The highest BCUT2D eigenvalue weighted by Crippen LogP contribution is 2.34.